The maximum absolute atomic E-state index is 12.1. The van der Waals surface area contributed by atoms with E-state index in [1.807, 2.05) is 48.5 Å². The number of esters is 1. The smallest absolute Gasteiger partial charge is 0.313 e. The number of hydrogen-bond donors (Lipinski definition) is 0. The van der Waals surface area contributed by atoms with Crippen LogP contribution in [0.1, 0.15) is 23.7 Å². The number of carbonyl (C=O) groups is 2. The van der Waals surface area contributed by atoms with Gasteiger partial charge < -0.3 is 9.47 Å². The molecule has 0 aliphatic heterocycles. The van der Waals surface area contributed by atoms with Crippen LogP contribution in [-0.4, -0.2) is 25.5 Å². The van der Waals surface area contributed by atoms with E-state index >= 15 is 0 Å². The molecular weight excluding hydrogens is 328 g/mol. The zero-order valence-electron chi connectivity index (χ0n) is 14.8. The van der Waals surface area contributed by atoms with Gasteiger partial charge in [-0.1, -0.05) is 48.5 Å². The Hall–Kier alpha value is -3.14. The predicted molar refractivity (Wildman–Crippen MR) is 102 cm³/mol. The number of rotatable bonds is 6. The van der Waals surface area contributed by atoms with Crippen LogP contribution in [0.2, 0.25) is 0 Å². The van der Waals surface area contributed by atoms with Crippen molar-refractivity contribution in [2.45, 2.75) is 13.3 Å². The van der Waals surface area contributed by atoms with E-state index in [4.69, 9.17) is 9.47 Å². The standard InChI is InChI=1S/C22H20O4/c1-3-26-22(24)14-21(23)16-9-7-15(8-10-16)19-6-4-5-17-13-18(25-2)11-12-20(17)19/h4-13H,3,14H2,1-2H3. The van der Waals surface area contributed by atoms with E-state index in [-0.39, 0.29) is 18.8 Å². The molecular formula is C22H20O4. The molecule has 0 radical (unpaired) electrons. The predicted octanol–water partition coefficient (Wildman–Crippen LogP) is 4.65. The first kappa shape index (κ1) is 17.7. The third-order valence-corrected chi connectivity index (χ3v) is 4.22. The highest BCUT2D eigenvalue weighted by molar-refractivity contribution is 6.06. The van der Waals surface area contributed by atoms with Gasteiger partial charge in [-0.2, -0.15) is 0 Å². The Balaban J connectivity index is 1.88. The average molecular weight is 348 g/mol. The zero-order chi connectivity index (χ0) is 18.5. The summed E-state index contributed by atoms with van der Waals surface area (Å²) in [5, 5.41) is 2.20. The van der Waals surface area contributed by atoms with Crippen molar-refractivity contribution < 1.29 is 19.1 Å². The van der Waals surface area contributed by atoms with Crippen LogP contribution in [0.3, 0.4) is 0 Å². The van der Waals surface area contributed by atoms with E-state index in [1.165, 1.54) is 0 Å². The molecule has 4 nitrogen and oxygen atoms in total. The summed E-state index contributed by atoms with van der Waals surface area (Å²) in [5.74, 6) is 0.0804. The summed E-state index contributed by atoms with van der Waals surface area (Å²) in [7, 11) is 1.65. The van der Waals surface area contributed by atoms with Gasteiger partial charge in [-0.05, 0) is 41.0 Å². The maximum atomic E-state index is 12.1. The summed E-state index contributed by atoms with van der Waals surface area (Å²) in [5.41, 5.74) is 2.59. The number of fused-ring (bicyclic) bond motifs is 1. The van der Waals surface area contributed by atoms with Crippen molar-refractivity contribution in [2.24, 2.45) is 0 Å². The molecule has 0 N–H and O–H groups in total. The number of benzene rings is 3. The number of hydrogen-bond acceptors (Lipinski definition) is 4. The second-order valence-electron chi connectivity index (χ2n) is 5.87. The van der Waals surface area contributed by atoms with Gasteiger partial charge in [0.2, 0.25) is 0 Å². The van der Waals surface area contributed by atoms with E-state index in [0.717, 1.165) is 27.6 Å². The molecule has 0 amide bonds. The van der Waals surface area contributed by atoms with Crippen LogP contribution in [0.5, 0.6) is 5.75 Å². The Morgan fingerprint density at radius 1 is 0.962 bits per heavy atom. The van der Waals surface area contributed by atoms with Crippen LogP contribution in [-0.2, 0) is 9.53 Å². The number of carbonyl (C=O) groups excluding carboxylic acids is 2. The van der Waals surface area contributed by atoms with Gasteiger partial charge in [0.1, 0.15) is 12.2 Å². The molecule has 0 saturated heterocycles. The molecule has 26 heavy (non-hydrogen) atoms. The fourth-order valence-corrected chi connectivity index (χ4v) is 2.92. The lowest BCUT2D eigenvalue weighted by atomic mass is 9.96. The second kappa shape index (κ2) is 7.83. The van der Waals surface area contributed by atoms with Crippen molar-refractivity contribution in [1.29, 1.82) is 0 Å². The molecule has 3 aromatic rings. The fourth-order valence-electron chi connectivity index (χ4n) is 2.92. The maximum Gasteiger partial charge on any atom is 0.313 e. The van der Waals surface area contributed by atoms with Gasteiger partial charge in [0.25, 0.3) is 0 Å². The SMILES string of the molecule is CCOC(=O)CC(=O)c1ccc(-c2cccc3cc(OC)ccc23)cc1. The summed E-state index contributed by atoms with van der Waals surface area (Å²) in [4.78, 5) is 23.6. The van der Waals surface area contributed by atoms with Crippen LogP contribution >= 0.6 is 0 Å². The number of ether oxygens (including phenoxy) is 2. The van der Waals surface area contributed by atoms with E-state index in [0.29, 0.717) is 5.56 Å². The second-order valence-corrected chi connectivity index (χ2v) is 5.87. The van der Waals surface area contributed by atoms with Gasteiger partial charge in [0, 0.05) is 5.56 Å². The first-order valence-corrected chi connectivity index (χ1v) is 8.48. The molecule has 0 bridgehead atoms. The highest BCUT2D eigenvalue weighted by atomic mass is 16.5. The van der Waals surface area contributed by atoms with E-state index in [2.05, 4.69) is 0 Å². The summed E-state index contributed by atoms with van der Waals surface area (Å²) in [6, 6.07) is 19.3. The Bertz CT molecular complexity index is 942. The molecule has 0 fully saturated rings. The fraction of sp³-hybridized carbons (Fsp3) is 0.182. The van der Waals surface area contributed by atoms with Crippen LogP contribution in [0.15, 0.2) is 60.7 Å². The lowest BCUT2D eigenvalue weighted by molar-refractivity contribution is -0.141. The lowest BCUT2D eigenvalue weighted by Crippen LogP contribution is -2.11. The quantitative estimate of drug-likeness (QED) is 0.370. The van der Waals surface area contributed by atoms with Gasteiger partial charge >= 0.3 is 5.97 Å². The molecule has 0 atom stereocenters. The molecule has 0 saturated carbocycles. The number of methoxy groups -OCH3 is 1. The molecule has 0 heterocycles. The molecule has 4 heteroatoms. The third kappa shape index (κ3) is 3.75. The van der Waals surface area contributed by atoms with Crippen LogP contribution < -0.4 is 4.74 Å². The Kier molecular flexibility index (Phi) is 5.32. The molecule has 0 aliphatic carbocycles. The molecule has 0 spiro atoms. The van der Waals surface area contributed by atoms with Crippen molar-refractivity contribution in [1.82, 2.24) is 0 Å². The van der Waals surface area contributed by atoms with E-state index < -0.39 is 5.97 Å². The van der Waals surface area contributed by atoms with Crippen molar-refractivity contribution >= 4 is 22.5 Å². The van der Waals surface area contributed by atoms with Crippen LogP contribution in [0, 0.1) is 0 Å². The molecule has 0 aliphatic rings. The number of ketones is 1. The molecule has 3 rings (SSSR count). The minimum atomic E-state index is -0.496. The van der Waals surface area contributed by atoms with Crippen LogP contribution in [0.4, 0.5) is 0 Å². The third-order valence-electron chi connectivity index (χ3n) is 4.22. The minimum Gasteiger partial charge on any atom is -0.497 e. The van der Waals surface area contributed by atoms with E-state index in [9.17, 15) is 9.59 Å². The number of Topliss-reactive ketones (excluding diaryl/α,β-unsaturated/α-hetero) is 1. The first-order valence-electron chi connectivity index (χ1n) is 8.48. The first-order chi connectivity index (χ1) is 12.6. The average Bonchev–Trinajstić information content (AvgIpc) is 2.67. The zero-order valence-corrected chi connectivity index (χ0v) is 14.8. The lowest BCUT2D eigenvalue weighted by Gasteiger charge is -2.09. The van der Waals surface area contributed by atoms with Crippen LogP contribution in [0.25, 0.3) is 21.9 Å². The molecule has 0 unspecified atom stereocenters. The summed E-state index contributed by atoms with van der Waals surface area (Å²) >= 11 is 0. The van der Waals surface area contributed by atoms with Crippen molar-refractivity contribution in [3.8, 4) is 16.9 Å². The highest BCUT2D eigenvalue weighted by Gasteiger charge is 2.13. The highest BCUT2D eigenvalue weighted by Crippen LogP contribution is 2.31. The van der Waals surface area contributed by atoms with Crippen molar-refractivity contribution in [3.05, 3.63) is 66.2 Å². The van der Waals surface area contributed by atoms with Gasteiger partial charge in [-0.15, -0.1) is 0 Å². The summed E-state index contributed by atoms with van der Waals surface area (Å²) < 4.78 is 10.1. The van der Waals surface area contributed by atoms with Gasteiger partial charge in [-0.25, -0.2) is 0 Å². The summed E-state index contributed by atoms with van der Waals surface area (Å²) in [6.07, 6.45) is -0.235. The van der Waals surface area contributed by atoms with Gasteiger partial charge in [-0.3, -0.25) is 9.59 Å². The molecule has 3 aromatic carbocycles. The van der Waals surface area contributed by atoms with Gasteiger partial charge in [0.05, 0.1) is 13.7 Å². The minimum absolute atomic E-state index is 0.235. The Labute approximate surface area is 152 Å². The Morgan fingerprint density at radius 3 is 2.42 bits per heavy atom. The molecule has 132 valence electrons. The summed E-state index contributed by atoms with van der Waals surface area (Å²) in [6.45, 7) is 1.99. The van der Waals surface area contributed by atoms with E-state index in [1.54, 1.807) is 26.2 Å². The topological polar surface area (TPSA) is 52.6 Å². The van der Waals surface area contributed by atoms with Crippen molar-refractivity contribution in [2.75, 3.05) is 13.7 Å². The van der Waals surface area contributed by atoms with Gasteiger partial charge in [0.15, 0.2) is 5.78 Å². The monoisotopic (exact) mass is 348 g/mol. The Morgan fingerprint density at radius 2 is 1.73 bits per heavy atom. The van der Waals surface area contributed by atoms with Crippen molar-refractivity contribution in [3.63, 3.8) is 0 Å². The largest absolute Gasteiger partial charge is 0.497 e. The molecule has 0 aromatic heterocycles. The normalized spacial score (nSPS) is 10.5.